The van der Waals surface area contributed by atoms with Crippen LogP contribution in [-0.4, -0.2) is 54.2 Å². The lowest BCUT2D eigenvalue weighted by Crippen LogP contribution is -2.44. The van der Waals surface area contributed by atoms with Crippen molar-refractivity contribution in [3.05, 3.63) is 59.7 Å². The first-order valence-electron chi connectivity index (χ1n) is 11.9. The zero-order valence-electron chi connectivity index (χ0n) is 21.3. The molecule has 8 nitrogen and oxygen atoms in total. The van der Waals surface area contributed by atoms with Crippen LogP contribution in [0.5, 0.6) is 11.5 Å². The van der Waals surface area contributed by atoms with Crippen LogP contribution in [0.1, 0.15) is 36.6 Å². The maximum Gasteiger partial charge on any atom is 0.240 e. The second kappa shape index (κ2) is 11.1. The molecule has 1 aliphatic rings. The Hall–Kier alpha value is -3.46. The molecule has 2 atom stereocenters. The van der Waals surface area contributed by atoms with Crippen molar-refractivity contribution in [2.24, 2.45) is 7.05 Å². The summed E-state index contributed by atoms with van der Waals surface area (Å²) in [7, 11) is 5.03. The first-order valence-corrected chi connectivity index (χ1v) is 13.0. The molecule has 36 heavy (non-hydrogen) atoms. The number of amides is 2. The second-order valence-corrected chi connectivity index (χ2v) is 9.83. The van der Waals surface area contributed by atoms with Gasteiger partial charge in [0.25, 0.3) is 0 Å². The molecule has 2 aromatic carbocycles. The third-order valence-corrected chi connectivity index (χ3v) is 7.58. The monoisotopic (exact) mass is 508 g/mol. The molecule has 1 N–H and O–H groups in total. The average Bonchev–Trinajstić information content (AvgIpc) is 3.16. The van der Waals surface area contributed by atoms with E-state index in [-0.39, 0.29) is 35.4 Å². The number of carbonyl (C=O) groups excluding carboxylic acids is 2. The minimum absolute atomic E-state index is 0.0272. The van der Waals surface area contributed by atoms with E-state index in [4.69, 9.17) is 14.6 Å². The van der Waals surface area contributed by atoms with E-state index < -0.39 is 0 Å². The first-order chi connectivity index (χ1) is 17.4. The lowest BCUT2D eigenvalue weighted by molar-refractivity contribution is -0.123. The van der Waals surface area contributed by atoms with Crippen LogP contribution in [0.4, 0.5) is 5.82 Å². The highest BCUT2D eigenvalue weighted by atomic mass is 32.2. The molecule has 1 aliphatic heterocycles. The molecule has 9 heteroatoms. The van der Waals surface area contributed by atoms with E-state index in [1.54, 1.807) is 23.8 Å². The minimum Gasteiger partial charge on any atom is -0.493 e. The fourth-order valence-electron chi connectivity index (χ4n) is 4.34. The third kappa shape index (κ3) is 5.06. The van der Waals surface area contributed by atoms with Crippen molar-refractivity contribution in [2.75, 3.05) is 31.4 Å². The van der Waals surface area contributed by atoms with Crippen LogP contribution in [0.3, 0.4) is 0 Å². The number of benzene rings is 2. The molecule has 0 radical (unpaired) electrons. The molecule has 1 aromatic heterocycles. The van der Waals surface area contributed by atoms with E-state index >= 15 is 0 Å². The van der Waals surface area contributed by atoms with Gasteiger partial charge in [0, 0.05) is 24.2 Å². The summed E-state index contributed by atoms with van der Waals surface area (Å²) in [6, 6.07) is 15.7. The number of ether oxygens (including phenoxy) is 2. The van der Waals surface area contributed by atoms with E-state index in [1.807, 2.05) is 69.4 Å². The van der Waals surface area contributed by atoms with Crippen molar-refractivity contribution in [3.63, 3.8) is 0 Å². The van der Waals surface area contributed by atoms with E-state index in [1.165, 1.54) is 11.8 Å². The van der Waals surface area contributed by atoms with Crippen molar-refractivity contribution in [2.45, 2.75) is 31.6 Å². The highest BCUT2D eigenvalue weighted by Gasteiger charge is 2.37. The Kier molecular flexibility index (Phi) is 7.88. The Morgan fingerprint density at radius 3 is 2.56 bits per heavy atom. The van der Waals surface area contributed by atoms with Gasteiger partial charge in [-0.2, -0.15) is 5.10 Å². The number of aromatic nitrogens is 2. The van der Waals surface area contributed by atoms with Gasteiger partial charge in [0.15, 0.2) is 11.5 Å². The van der Waals surface area contributed by atoms with Crippen LogP contribution in [-0.2, 0) is 16.6 Å². The van der Waals surface area contributed by atoms with Gasteiger partial charge in [0.1, 0.15) is 12.4 Å². The number of thioether (sulfide) groups is 1. The number of fused-ring (bicyclic) bond motifs is 1. The van der Waals surface area contributed by atoms with E-state index in [2.05, 4.69) is 5.32 Å². The molecule has 2 amide bonds. The summed E-state index contributed by atoms with van der Waals surface area (Å²) in [6.07, 6.45) is 0.812. The van der Waals surface area contributed by atoms with Gasteiger partial charge < -0.3 is 14.8 Å². The molecular formula is C27H32N4O4S. The zero-order chi connectivity index (χ0) is 25.8. The maximum absolute atomic E-state index is 13.4. The SMILES string of the molecule is CC[C@H](C)NC(=O)CN1C(=O)CS[C@H](c2ccc(OC)c(OC)c2)c2c(-c3ccccc3)nn(C)c21. The topological polar surface area (TPSA) is 85.7 Å². The number of hydrogen-bond donors (Lipinski definition) is 1. The molecular weight excluding hydrogens is 476 g/mol. The molecule has 3 aromatic rings. The predicted octanol–water partition coefficient (Wildman–Crippen LogP) is 4.19. The molecule has 0 aliphatic carbocycles. The molecule has 0 saturated carbocycles. The van der Waals surface area contributed by atoms with E-state index in [9.17, 15) is 9.59 Å². The van der Waals surface area contributed by atoms with Gasteiger partial charge in [0.2, 0.25) is 11.8 Å². The van der Waals surface area contributed by atoms with Gasteiger partial charge in [-0.25, -0.2) is 0 Å². The number of carbonyl (C=O) groups is 2. The number of anilines is 1. The number of rotatable bonds is 8. The van der Waals surface area contributed by atoms with E-state index in [0.29, 0.717) is 17.3 Å². The molecule has 0 fully saturated rings. The Labute approximate surface area is 216 Å². The van der Waals surface area contributed by atoms with Gasteiger partial charge >= 0.3 is 0 Å². The standard InChI is InChI=1S/C27H32N4O4S/c1-6-17(2)28-22(32)15-31-23(33)16-36-26(19-12-13-20(34-4)21(14-19)35-5)24-25(29-30(3)27(24)31)18-10-8-7-9-11-18/h7-14,17,26H,6,15-16H2,1-5H3,(H,28,32)/t17-,26+/m0/s1. The highest BCUT2D eigenvalue weighted by molar-refractivity contribution is 8.00. The maximum atomic E-state index is 13.4. The Morgan fingerprint density at radius 2 is 1.89 bits per heavy atom. The summed E-state index contributed by atoms with van der Waals surface area (Å²) in [6.45, 7) is 3.90. The summed E-state index contributed by atoms with van der Waals surface area (Å²) in [5.74, 6) is 1.77. The normalized spacial score (nSPS) is 16.2. The number of hydrogen-bond acceptors (Lipinski definition) is 6. The van der Waals surface area contributed by atoms with Crippen LogP contribution in [0.25, 0.3) is 11.3 Å². The van der Waals surface area contributed by atoms with Gasteiger partial charge in [-0.05, 0) is 31.0 Å². The average molecular weight is 509 g/mol. The minimum atomic E-state index is -0.213. The molecule has 0 bridgehead atoms. The van der Waals surface area contributed by atoms with Gasteiger partial charge in [-0.15, -0.1) is 11.8 Å². The van der Waals surface area contributed by atoms with Crippen LogP contribution in [0.2, 0.25) is 0 Å². The van der Waals surface area contributed by atoms with Gasteiger partial charge in [0.05, 0.1) is 30.9 Å². The summed E-state index contributed by atoms with van der Waals surface area (Å²) in [4.78, 5) is 27.8. The van der Waals surface area contributed by atoms with E-state index in [0.717, 1.165) is 28.8 Å². The van der Waals surface area contributed by atoms with Crippen LogP contribution in [0, 0.1) is 0 Å². The molecule has 2 heterocycles. The quantitative estimate of drug-likeness (QED) is 0.491. The predicted molar refractivity (Wildman–Crippen MR) is 143 cm³/mol. The second-order valence-electron chi connectivity index (χ2n) is 8.74. The largest absolute Gasteiger partial charge is 0.493 e. The van der Waals surface area contributed by atoms with Crippen molar-refractivity contribution in [3.8, 4) is 22.8 Å². The lowest BCUT2D eigenvalue weighted by atomic mass is 9.99. The smallest absolute Gasteiger partial charge is 0.240 e. The van der Waals surface area contributed by atoms with Crippen molar-refractivity contribution in [1.29, 1.82) is 0 Å². The van der Waals surface area contributed by atoms with Crippen molar-refractivity contribution >= 4 is 29.4 Å². The summed E-state index contributed by atoms with van der Waals surface area (Å²) < 4.78 is 12.7. The van der Waals surface area contributed by atoms with Crippen LogP contribution < -0.4 is 19.7 Å². The van der Waals surface area contributed by atoms with Crippen molar-refractivity contribution in [1.82, 2.24) is 15.1 Å². The van der Waals surface area contributed by atoms with Crippen LogP contribution in [0.15, 0.2) is 48.5 Å². The summed E-state index contributed by atoms with van der Waals surface area (Å²) in [5, 5.41) is 7.61. The first kappa shape index (κ1) is 25.6. The fraction of sp³-hybridized carbons (Fsp3) is 0.370. The van der Waals surface area contributed by atoms with Crippen LogP contribution >= 0.6 is 11.8 Å². The molecule has 0 saturated heterocycles. The molecule has 0 unspecified atom stereocenters. The van der Waals surface area contributed by atoms with Gasteiger partial charge in [-0.1, -0.05) is 43.3 Å². The number of methoxy groups -OCH3 is 2. The highest BCUT2D eigenvalue weighted by Crippen LogP contribution is 2.48. The third-order valence-electron chi connectivity index (χ3n) is 6.32. The summed E-state index contributed by atoms with van der Waals surface area (Å²) >= 11 is 1.52. The fourth-order valence-corrected chi connectivity index (χ4v) is 5.53. The Balaban J connectivity index is 1.87. The molecule has 190 valence electrons. The Morgan fingerprint density at radius 1 is 1.17 bits per heavy atom. The number of nitrogens with zero attached hydrogens (tertiary/aromatic N) is 3. The number of aryl methyl sites for hydroxylation is 1. The van der Waals surface area contributed by atoms with Crippen molar-refractivity contribution < 1.29 is 19.1 Å². The summed E-state index contributed by atoms with van der Waals surface area (Å²) in [5.41, 5.74) is 3.58. The van der Waals surface area contributed by atoms with Gasteiger partial charge in [-0.3, -0.25) is 19.2 Å². The zero-order valence-corrected chi connectivity index (χ0v) is 22.1. The molecule has 4 rings (SSSR count). The lowest BCUT2D eigenvalue weighted by Gasteiger charge is -2.23. The Bertz CT molecular complexity index is 1240. The molecule has 0 spiro atoms. The number of nitrogens with one attached hydrogen (secondary N) is 1.